The molecule has 2 aliphatic heterocycles. The maximum absolute atomic E-state index is 12.1. The van der Waals surface area contributed by atoms with Crippen LogP contribution in [0.5, 0.6) is 0 Å². The minimum absolute atomic E-state index is 0.101. The van der Waals surface area contributed by atoms with Gasteiger partial charge in [-0.3, -0.25) is 19.3 Å². The van der Waals surface area contributed by atoms with E-state index in [1.54, 1.807) is 13.8 Å². The fourth-order valence-corrected chi connectivity index (χ4v) is 2.21. The summed E-state index contributed by atoms with van der Waals surface area (Å²) in [5, 5.41) is 5.18. The second-order valence-electron chi connectivity index (χ2n) is 5.43. The molecule has 110 valence electrons. The van der Waals surface area contributed by atoms with E-state index in [0.29, 0.717) is 19.6 Å². The first kappa shape index (κ1) is 14.3. The number of amides is 5. The number of urea groups is 1. The van der Waals surface area contributed by atoms with Gasteiger partial charge >= 0.3 is 6.03 Å². The monoisotopic (exact) mass is 282 g/mol. The molecule has 8 heteroatoms. The lowest BCUT2D eigenvalue weighted by molar-refractivity contribution is -0.138. The number of carbonyl (C=O) groups excluding carboxylic acids is 4. The van der Waals surface area contributed by atoms with E-state index < -0.39 is 17.5 Å². The highest BCUT2D eigenvalue weighted by Gasteiger charge is 2.45. The zero-order valence-electron chi connectivity index (χ0n) is 11.6. The van der Waals surface area contributed by atoms with Gasteiger partial charge in [0.05, 0.1) is 0 Å². The zero-order valence-corrected chi connectivity index (χ0v) is 11.6. The van der Waals surface area contributed by atoms with Crippen LogP contribution in [0.25, 0.3) is 0 Å². The van der Waals surface area contributed by atoms with E-state index in [2.05, 4.69) is 10.6 Å². The van der Waals surface area contributed by atoms with Gasteiger partial charge in [0.2, 0.25) is 11.8 Å². The first-order valence-corrected chi connectivity index (χ1v) is 6.50. The average Bonchev–Trinajstić information content (AvgIpc) is 2.55. The molecule has 5 amide bonds. The Morgan fingerprint density at radius 1 is 1.25 bits per heavy atom. The average molecular weight is 282 g/mol. The number of hydrogen-bond donors (Lipinski definition) is 2. The standard InChI is InChI=1S/C12H18N4O4/c1-12(2)10(19)16(11(20)14-12)7-9(18)15-5-3-8(17)13-4-6-15/h3-7H2,1-2H3,(H,13,17)(H,14,20). The van der Waals surface area contributed by atoms with Crippen LogP contribution < -0.4 is 10.6 Å². The van der Waals surface area contributed by atoms with Gasteiger partial charge in [-0.1, -0.05) is 0 Å². The molecule has 0 unspecified atom stereocenters. The van der Waals surface area contributed by atoms with E-state index in [-0.39, 0.29) is 24.8 Å². The molecule has 20 heavy (non-hydrogen) atoms. The molecular formula is C12H18N4O4. The minimum atomic E-state index is -0.979. The molecule has 0 aliphatic carbocycles. The summed E-state index contributed by atoms with van der Waals surface area (Å²) in [6.45, 7) is 3.96. The van der Waals surface area contributed by atoms with Crippen LogP contribution in [0.15, 0.2) is 0 Å². The summed E-state index contributed by atoms with van der Waals surface area (Å²) < 4.78 is 0. The third-order valence-electron chi connectivity index (χ3n) is 3.40. The van der Waals surface area contributed by atoms with Crippen molar-refractivity contribution >= 4 is 23.8 Å². The Kier molecular flexibility index (Phi) is 3.65. The minimum Gasteiger partial charge on any atom is -0.354 e. The molecule has 2 heterocycles. The van der Waals surface area contributed by atoms with Crippen molar-refractivity contribution in [3.8, 4) is 0 Å². The normalized spacial score (nSPS) is 22.4. The third kappa shape index (κ3) is 2.73. The highest BCUT2D eigenvalue weighted by Crippen LogP contribution is 2.16. The Morgan fingerprint density at radius 3 is 2.55 bits per heavy atom. The van der Waals surface area contributed by atoms with Gasteiger partial charge in [-0.15, -0.1) is 0 Å². The van der Waals surface area contributed by atoms with Gasteiger partial charge in [0.25, 0.3) is 5.91 Å². The second-order valence-corrected chi connectivity index (χ2v) is 5.43. The Labute approximate surface area is 116 Å². The van der Waals surface area contributed by atoms with Gasteiger partial charge in [0, 0.05) is 26.1 Å². The van der Waals surface area contributed by atoms with Crippen molar-refractivity contribution < 1.29 is 19.2 Å². The fourth-order valence-electron chi connectivity index (χ4n) is 2.21. The maximum atomic E-state index is 12.1. The maximum Gasteiger partial charge on any atom is 0.325 e. The molecular weight excluding hydrogens is 264 g/mol. The van der Waals surface area contributed by atoms with Gasteiger partial charge < -0.3 is 15.5 Å². The van der Waals surface area contributed by atoms with Crippen molar-refractivity contribution in [1.29, 1.82) is 0 Å². The summed E-state index contributed by atoms with van der Waals surface area (Å²) in [5.41, 5.74) is -0.979. The third-order valence-corrected chi connectivity index (χ3v) is 3.40. The summed E-state index contributed by atoms with van der Waals surface area (Å²) >= 11 is 0. The predicted octanol–water partition coefficient (Wildman–Crippen LogP) is -1.33. The molecule has 2 rings (SSSR count). The van der Waals surface area contributed by atoms with Crippen molar-refractivity contribution in [3.63, 3.8) is 0 Å². The fraction of sp³-hybridized carbons (Fsp3) is 0.667. The lowest BCUT2D eigenvalue weighted by Crippen LogP contribution is -2.45. The predicted molar refractivity (Wildman–Crippen MR) is 68.5 cm³/mol. The number of nitrogens with zero attached hydrogens (tertiary/aromatic N) is 2. The Morgan fingerprint density at radius 2 is 1.95 bits per heavy atom. The molecule has 0 atom stereocenters. The van der Waals surface area contributed by atoms with Crippen molar-refractivity contribution in [3.05, 3.63) is 0 Å². The quantitative estimate of drug-likeness (QED) is 0.613. The van der Waals surface area contributed by atoms with E-state index >= 15 is 0 Å². The molecule has 2 fully saturated rings. The van der Waals surface area contributed by atoms with Crippen LogP contribution in [0.2, 0.25) is 0 Å². The van der Waals surface area contributed by atoms with Crippen LogP contribution in [-0.2, 0) is 14.4 Å². The first-order chi connectivity index (χ1) is 9.31. The zero-order chi connectivity index (χ0) is 14.9. The van der Waals surface area contributed by atoms with Crippen LogP contribution in [0, 0.1) is 0 Å². The van der Waals surface area contributed by atoms with Crippen LogP contribution in [-0.4, -0.2) is 65.3 Å². The molecule has 2 aliphatic rings. The summed E-state index contributed by atoms with van der Waals surface area (Å²) in [7, 11) is 0. The second kappa shape index (κ2) is 5.10. The smallest absolute Gasteiger partial charge is 0.325 e. The van der Waals surface area contributed by atoms with Crippen LogP contribution >= 0.6 is 0 Å². The number of rotatable bonds is 2. The lowest BCUT2D eigenvalue weighted by Gasteiger charge is -2.22. The van der Waals surface area contributed by atoms with E-state index in [1.165, 1.54) is 4.90 Å². The highest BCUT2D eigenvalue weighted by atomic mass is 16.2. The van der Waals surface area contributed by atoms with Crippen molar-refractivity contribution in [1.82, 2.24) is 20.4 Å². The molecule has 0 spiro atoms. The van der Waals surface area contributed by atoms with Gasteiger partial charge in [-0.25, -0.2) is 4.79 Å². The van der Waals surface area contributed by atoms with Gasteiger partial charge in [0.15, 0.2) is 0 Å². The van der Waals surface area contributed by atoms with Gasteiger partial charge in [-0.05, 0) is 13.8 Å². The Balaban J connectivity index is 1.99. The summed E-state index contributed by atoms with van der Waals surface area (Å²) in [6, 6.07) is -0.558. The summed E-state index contributed by atoms with van der Waals surface area (Å²) in [4.78, 5) is 49.4. The highest BCUT2D eigenvalue weighted by molar-refractivity contribution is 6.08. The van der Waals surface area contributed by atoms with Crippen LogP contribution in [0.1, 0.15) is 20.3 Å². The van der Waals surface area contributed by atoms with Crippen molar-refractivity contribution in [2.24, 2.45) is 0 Å². The first-order valence-electron chi connectivity index (χ1n) is 6.50. The van der Waals surface area contributed by atoms with E-state index in [4.69, 9.17) is 0 Å². The molecule has 0 bridgehead atoms. The number of nitrogens with one attached hydrogen (secondary N) is 2. The molecule has 0 radical (unpaired) electrons. The van der Waals surface area contributed by atoms with E-state index in [0.717, 1.165) is 4.90 Å². The van der Waals surface area contributed by atoms with Gasteiger partial charge in [-0.2, -0.15) is 0 Å². The molecule has 2 saturated heterocycles. The molecule has 0 saturated carbocycles. The molecule has 8 nitrogen and oxygen atoms in total. The largest absolute Gasteiger partial charge is 0.354 e. The van der Waals surface area contributed by atoms with Crippen molar-refractivity contribution in [2.75, 3.05) is 26.2 Å². The van der Waals surface area contributed by atoms with Crippen LogP contribution in [0.4, 0.5) is 4.79 Å². The summed E-state index contributed by atoms with van der Waals surface area (Å²) in [6.07, 6.45) is 0.234. The SMILES string of the molecule is CC1(C)NC(=O)N(CC(=O)N2CCNC(=O)CC2)C1=O. The molecule has 0 aromatic heterocycles. The molecule has 0 aromatic rings. The lowest BCUT2D eigenvalue weighted by atomic mass is 10.1. The van der Waals surface area contributed by atoms with Gasteiger partial charge in [0.1, 0.15) is 12.1 Å². The number of hydrogen-bond acceptors (Lipinski definition) is 4. The van der Waals surface area contributed by atoms with E-state index in [1.807, 2.05) is 0 Å². The van der Waals surface area contributed by atoms with Crippen LogP contribution in [0.3, 0.4) is 0 Å². The summed E-state index contributed by atoms with van der Waals surface area (Å²) in [5.74, 6) is -0.848. The van der Waals surface area contributed by atoms with Crippen molar-refractivity contribution in [2.45, 2.75) is 25.8 Å². The molecule has 2 N–H and O–H groups in total. The number of carbonyl (C=O) groups is 4. The Bertz CT molecular complexity index is 474. The van der Waals surface area contributed by atoms with E-state index in [9.17, 15) is 19.2 Å². The number of imide groups is 1. The molecule has 0 aromatic carbocycles. The topological polar surface area (TPSA) is 98.8 Å². The Hall–Kier alpha value is -2.12.